The number of aryl methyl sites for hydroxylation is 1. The number of phenols is 1. The smallest absolute Gasteiger partial charge is 0.124 e. The van der Waals surface area contributed by atoms with Crippen molar-refractivity contribution in [3.63, 3.8) is 0 Å². The Morgan fingerprint density at radius 3 is 2.05 bits per heavy atom. The number of phenolic OH excluding ortho intramolecular Hbond substituents is 1. The molecule has 98 valence electrons. The first-order valence-corrected chi connectivity index (χ1v) is 6.70. The van der Waals surface area contributed by atoms with Gasteiger partial charge in [-0.3, -0.25) is 0 Å². The molecule has 0 bridgehead atoms. The van der Waals surface area contributed by atoms with Gasteiger partial charge in [-0.15, -0.1) is 0 Å². The molecule has 3 aromatic carbocycles. The molecule has 20 heavy (non-hydrogen) atoms. The maximum absolute atomic E-state index is 10.3. The lowest BCUT2D eigenvalue weighted by Crippen LogP contribution is -1.86. The van der Waals surface area contributed by atoms with Crippen LogP contribution in [0.1, 0.15) is 5.56 Å². The predicted molar refractivity (Wildman–Crippen MR) is 83.7 cm³/mol. The van der Waals surface area contributed by atoms with E-state index in [0.717, 1.165) is 22.3 Å². The van der Waals surface area contributed by atoms with Gasteiger partial charge in [0.05, 0.1) is 0 Å². The van der Waals surface area contributed by atoms with E-state index in [1.807, 2.05) is 30.3 Å². The summed E-state index contributed by atoms with van der Waals surface area (Å²) in [6, 6.07) is 24.1. The summed E-state index contributed by atoms with van der Waals surface area (Å²) in [6.07, 6.45) is 0. The Bertz CT molecular complexity index is 713. The van der Waals surface area contributed by atoms with Crippen molar-refractivity contribution in [1.29, 1.82) is 0 Å². The van der Waals surface area contributed by atoms with Gasteiger partial charge in [0.15, 0.2) is 0 Å². The normalized spacial score (nSPS) is 10.4. The van der Waals surface area contributed by atoms with Gasteiger partial charge in [-0.25, -0.2) is 0 Å². The Kier molecular flexibility index (Phi) is 3.26. The van der Waals surface area contributed by atoms with Crippen LogP contribution in [0.2, 0.25) is 0 Å². The lowest BCUT2D eigenvalue weighted by atomic mass is 9.93. The predicted octanol–water partition coefficient (Wildman–Crippen LogP) is 5.03. The Balaban J connectivity index is 2.22. The molecule has 1 N–H and O–H groups in total. The second kappa shape index (κ2) is 5.22. The third-order valence-corrected chi connectivity index (χ3v) is 3.47. The molecule has 0 aromatic heterocycles. The van der Waals surface area contributed by atoms with E-state index < -0.39 is 0 Å². The molecule has 0 radical (unpaired) electrons. The van der Waals surface area contributed by atoms with Gasteiger partial charge >= 0.3 is 0 Å². The van der Waals surface area contributed by atoms with Crippen molar-refractivity contribution in [2.75, 3.05) is 0 Å². The topological polar surface area (TPSA) is 20.2 Å². The van der Waals surface area contributed by atoms with Crippen LogP contribution in [0.4, 0.5) is 0 Å². The molecule has 0 aliphatic heterocycles. The molecule has 0 unspecified atom stereocenters. The van der Waals surface area contributed by atoms with Crippen molar-refractivity contribution in [2.45, 2.75) is 6.92 Å². The highest BCUT2D eigenvalue weighted by molar-refractivity contribution is 5.87. The zero-order valence-corrected chi connectivity index (χ0v) is 11.4. The third kappa shape index (κ3) is 2.30. The fourth-order valence-electron chi connectivity index (χ4n) is 2.42. The largest absolute Gasteiger partial charge is 0.507 e. The maximum Gasteiger partial charge on any atom is 0.124 e. The van der Waals surface area contributed by atoms with Crippen LogP contribution in [0.3, 0.4) is 0 Å². The third-order valence-electron chi connectivity index (χ3n) is 3.47. The van der Waals surface area contributed by atoms with Crippen LogP contribution in [0.5, 0.6) is 5.75 Å². The molecule has 0 saturated carbocycles. The summed E-state index contributed by atoms with van der Waals surface area (Å²) in [6.45, 7) is 2.06. The highest BCUT2D eigenvalue weighted by Gasteiger charge is 2.11. The number of rotatable bonds is 2. The van der Waals surface area contributed by atoms with Gasteiger partial charge in [-0.05, 0) is 29.7 Å². The molecule has 0 atom stereocenters. The lowest BCUT2D eigenvalue weighted by Gasteiger charge is -2.12. The molecule has 1 nitrogen and oxygen atoms in total. The number of benzene rings is 3. The molecular weight excluding hydrogens is 244 g/mol. The van der Waals surface area contributed by atoms with Gasteiger partial charge in [0, 0.05) is 5.56 Å². The van der Waals surface area contributed by atoms with Crippen LogP contribution in [-0.2, 0) is 0 Å². The fraction of sp³-hybridized carbons (Fsp3) is 0.0526. The second-order valence-corrected chi connectivity index (χ2v) is 4.93. The highest BCUT2D eigenvalue weighted by Crippen LogP contribution is 2.38. The van der Waals surface area contributed by atoms with Gasteiger partial charge in [-0.1, -0.05) is 72.3 Å². The van der Waals surface area contributed by atoms with Gasteiger partial charge in [-0.2, -0.15) is 0 Å². The maximum atomic E-state index is 10.3. The van der Waals surface area contributed by atoms with Crippen molar-refractivity contribution < 1.29 is 5.11 Å². The summed E-state index contributed by atoms with van der Waals surface area (Å²) in [5, 5.41) is 10.3. The quantitative estimate of drug-likeness (QED) is 0.684. The molecule has 0 spiro atoms. The van der Waals surface area contributed by atoms with Crippen molar-refractivity contribution in [3.8, 4) is 28.0 Å². The molecule has 3 aromatic rings. The standard InChI is InChI=1S/C19H16O/c1-14-10-12-16(13-11-14)19-17(8-5-9-18(19)20)15-6-3-2-4-7-15/h2-13,20H,1H3. The first kappa shape index (κ1) is 12.5. The summed E-state index contributed by atoms with van der Waals surface area (Å²) in [7, 11) is 0. The molecule has 0 aliphatic rings. The average Bonchev–Trinajstić information content (AvgIpc) is 2.49. The lowest BCUT2D eigenvalue weighted by molar-refractivity contribution is 0.477. The Morgan fingerprint density at radius 1 is 0.650 bits per heavy atom. The van der Waals surface area contributed by atoms with Crippen LogP contribution < -0.4 is 0 Å². The molecule has 0 saturated heterocycles. The molecule has 0 aliphatic carbocycles. The monoisotopic (exact) mass is 260 g/mol. The molecule has 0 heterocycles. The van der Waals surface area contributed by atoms with Crippen LogP contribution >= 0.6 is 0 Å². The van der Waals surface area contributed by atoms with E-state index in [0.29, 0.717) is 5.75 Å². The highest BCUT2D eigenvalue weighted by atomic mass is 16.3. The Labute approximate surface area is 119 Å². The van der Waals surface area contributed by atoms with Crippen molar-refractivity contribution in [3.05, 3.63) is 78.4 Å². The first-order chi connectivity index (χ1) is 9.75. The van der Waals surface area contributed by atoms with Gasteiger partial charge in [0.1, 0.15) is 5.75 Å². The van der Waals surface area contributed by atoms with Gasteiger partial charge in [0.25, 0.3) is 0 Å². The average molecular weight is 260 g/mol. The van der Waals surface area contributed by atoms with E-state index in [9.17, 15) is 5.11 Å². The van der Waals surface area contributed by atoms with Crippen LogP contribution in [-0.4, -0.2) is 5.11 Å². The van der Waals surface area contributed by atoms with Crippen molar-refractivity contribution in [2.24, 2.45) is 0 Å². The van der Waals surface area contributed by atoms with E-state index >= 15 is 0 Å². The Morgan fingerprint density at radius 2 is 1.35 bits per heavy atom. The van der Waals surface area contributed by atoms with Crippen molar-refractivity contribution >= 4 is 0 Å². The van der Waals surface area contributed by atoms with Crippen molar-refractivity contribution in [1.82, 2.24) is 0 Å². The van der Waals surface area contributed by atoms with Gasteiger partial charge < -0.3 is 5.11 Å². The van der Waals surface area contributed by atoms with Crippen LogP contribution in [0, 0.1) is 6.92 Å². The number of hydrogen-bond acceptors (Lipinski definition) is 1. The number of aromatic hydroxyl groups is 1. The zero-order chi connectivity index (χ0) is 13.9. The minimum Gasteiger partial charge on any atom is -0.507 e. The molecule has 3 rings (SSSR count). The molecule has 1 heteroatoms. The Hall–Kier alpha value is -2.54. The molecular formula is C19H16O. The second-order valence-electron chi connectivity index (χ2n) is 4.93. The summed E-state index contributed by atoms with van der Waals surface area (Å²) in [5.41, 5.74) is 5.30. The summed E-state index contributed by atoms with van der Waals surface area (Å²) >= 11 is 0. The minimum absolute atomic E-state index is 0.315. The molecule has 0 fully saturated rings. The van der Waals surface area contributed by atoms with Crippen LogP contribution in [0.25, 0.3) is 22.3 Å². The summed E-state index contributed by atoms with van der Waals surface area (Å²) in [5.74, 6) is 0.315. The molecule has 0 amide bonds. The summed E-state index contributed by atoms with van der Waals surface area (Å²) < 4.78 is 0. The van der Waals surface area contributed by atoms with E-state index in [2.05, 4.69) is 43.3 Å². The van der Waals surface area contributed by atoms with Crippen LogP contribution in [0.15, 0.2) is 72.8 Å². The van der Waals surface area contributed by atoms with E-state index in [1.165, 1.54) is 5.56 Å². The fourth-order valence-corrected chi connectivity index (χ4v) is 2.42. The first-order valence-electron chi connectivity index (χ1n) is 6.70. The van der Waals surface area contributed by atoms with E-state index in [4.69, 9.17) is 0 Å². The van der Waals surface area contributed by atoms with Gasteiger partial charge in [0.2, 0.25) is 0 Å². The number of hydrogen-bond donors (Lipinski definition) is 1. The minimum atomic E-state index is 0.315. The summed E-state index contributed by atoms with van der Waals surface area (Å²) in [4.78, 5) is 0. The SMILES string of the molecule is Cc1ccc(-c2c(O)cccc2-c2ccccc2)cc1. The van der Waals surface area contributed by atoms with E-state index in [1.54, 1.807) is 6.07 Å². The van der Waals surface area contributed by atoms with E-state index in [-0.39, 0.29) is 0 Å². The zero-order valence-electron chi connectivity index (χ0n) is 11.4.